The molecule has 150 valence electrons. The lowest BCUT2D eigenvalue weighted by Gasteiger charge is -2.41. The summed E-state index contributed by atoms with van der Waals surface area (Å²) in [4.78, 5) is -1.11. The van der Waals surface area contributed by atoms with E-state index in [4.69, 9.17) is 0 Å². The maximum atomic E-state index is 14.1. The zero-order valence-corrected chi connectivity index (χ0v) is 15.3. The predicted molar refractivity (Wildman–Crippen MR) is 89.6 cm³/mol. The van der Waals surface area contributed by atoms with Gasteiger partial charge in [-0.05, 0) is 24.8 Å². The third-order valence-electron chi connectivity index (χ3n) is 5.14. The second kappa shape index (κ2) is 6.73. The number of nitrogens with one attached hydrogen (secondary N) is 1. The van der Waals surface area contributed by atoms with E-state index in [-0.39, 0.29) is 5.69 Å². The fraction of sp³-hybridized carbons (Fsp3) is 0.529. The molecule has 1 saturated carbocycles. The summed E-state index contributed by atoms with van der Waals surface area (Å²) in [7, 11) is -4.15. The van der Waals surface area contributed by atoms with Crippen LogP contribution in [0.2, 0.25) is 0 Å². The molecule has 0 saturated heterocycles. The molecule has 1 aliphatic carbocycles. The van der Waals surface area contributed by atoms with Gasteiger partial charge in [-0.15, -0.1) is 0 Å². The van der Waals surface area contributed by atoms with Gasteiger partial charge < -0.3 is 0 Å². The van der Waals surface area contributed by atoms with Gasteiger partial charge in [0, 0.05) is 24.6 Å². The van der Waals surface area contributed by atoms with E-state index in [1.807, 2.05) is 0 Å². The van der Waals surface area contributed by atoms with Crippen LogP contribution >= 0.6 is 0 Å². The van der Waals surface area contributed by atoms with Crippen LogP contribution in [-0.2, 0) is 9.84 Å². The normalized spacial score (nSPS) is 24.6. The topological polar surface area (TPSA) is 49.4 Å². The molecule has 10 heteroatoms. The van der Waals surface area contributed by atoms with E-state index in [0.717, 1.165) is 23.7 Å². The molecule has 0 bridgehead atoms. The van der Waals surface area contributed by atoms with Crippen molar-refractivity contribution in [2.75, 3.05) is 11.3 Å². The molecule has 3 rings (SSSR count). The molecular weight excluding hydrogens is 391 g/mol. The average Bonchev–Trinajstić information content (AvgIpc) is 3.00. The lowest BCUT2D eigenvalue weighted by Crippen LogP contribution is -2.61. The molecule has 0 amide bonds. The van der Waals surface area contributed by atoms with Crippen molar-refractivity contribution in [3.05, 3.63) is 36.0 Å². The average molecular weight is 410 g/mol. The van der Waals surface area contributed by atoms with Crippen LogP contribution in [0.25, 0.3) is 0 Å². The van der Waals surface area contributed by atoms with E-state index < -0.39 is 44.0 Å². The summed E-state index contributed by atoms with van der Waals surface area (Å²) >= 11 is 0. The molecule has 0 radical (unpaired) electrons. The Kier molecular flexibility index (Phi) is 5.00. The Morgan fingerprint density at radius 2 is 1.67 bits per heavy atom. The first kappa shape index (κ1) is 20.1. The minimum Gasteiger partial charge on any atom is -0.283 e. The van der Waals surface area contributed by atoms with Gasteiger partial charge in [-0.3, -0.25) is 5.01 Å². The Morgan fingerprint density at radius 3 is 2.15 bits per heavy atom. The van der Waals surface area contributed by atoms with E-state index in [9.17, 15) is 30.4 Å². The van der Waals surface area contributed by atoms with Gasteiger partial charge in [0.15, 0.2) is 15.4 Å². The molecule has 0 aromatic heterocycles. The zero-order valence-electron chi connectivity index (χ0n) is 14.5. The first-order valence-electron chi connectivity index (χ1n) is 8.48. The summed E-state index contributed by atoms with van der Waals surface area (Å²) in [6.45, 7) is 0. The Morgan fingerprint density at radius 1 is 1.11 bits per heavy atom. The maximum Gasteiger partial charge on any atom is 0.412 e. The van der Waals surface area contributed by atoms with Crippen molar-refractivity contribution in [2.24, 2.45) is 5.92 Å². The Balaban J connectivity index is 1.96. The second-order valence-corrected chi connectivity index (χ2v) is 8.96. The number of rotatable bonds is 3. The number of halogens is 5. The van der Waals surface area contributed by atoms with Crippen LogP contribution in [0, 0.1) is 17.6 Å². The van der Waals surface area contributed by atoms with Crippen molar-refractivity contribution in [3.8, 4) is 0 Å². The third kappa shape index (κ3) is 3.56. The molecule has 4 nitrogen and oxygen atoms in total. The number of sulfone groups is 1. The van der Waals surface area contributed by atoms with Crippen LogP contribution in [0.1, 0.15) is 32.1 Å². The Hall–Kier alpha value is -1.68. The molecule has 1 aromatic rings. The lowest BCUT2D eigenvalue weighted by molar-refractivity contribution is -0.197. The molecule has 1 heterocycles. The molecule has 0 spiro atoms. The number of hydrogen-bond donors (Lipinski definition) is 1. The van der Waals surface area contributed by atoms with Crippen LogP contribution in [0.5, 0.6) is 0 Å². The summed E-state index contributed by atoms with van der Waals surface area (Å²) < 4.78 is 92.9. The highest BCUT2D eigenvalue weighted by Gasteiger charge is 2.60. The van der Waals surface area contributed by atoms with E-state index in [1.165, 1.54) is 0 Å². The number of nitrogens with zero attached hydrogens (tertiary/aromatic N) is 1. The molecule has 1 unspecified atom stereocenters. The quantitative estimate of drug-likeness (QED) is 0.763. The summed E-state index contributed by atoms with van der Waals surface area (Å²) in [6, 6.07) is 1.40. The largest absolute Gasteiger partial charge is 0.412 e. The number of hydrogen-bond acceptors (Lipinski definition) is 4. The summed E-state index contributed by atoms with van der Waals surface area (Å²) in [5, 5.41) is 0.889. The summed E-state index contributed by atoms with van der Waals surface area (Å²) in [5.74, 6) is -3.41. The van der Waals surface area contributed by atoms with Gasteiger partial charge in [-0.2, -0.15) is 13.2 Å². The highest BCUT2D eigenvalue weighted by atomic mass is 32.2. The molecule has 2 aliphatic rings. The first-order chi connectivity index (χ1) is 12.5. The van der Waals surface area contributed by atoms with Crippen LogP contribution in [0.15, 0.2) is 29.3 Å². The summed E-state index contributed by atoms with van der Waals surface area (Å²) in [5.41, 5.74) is -0.220. The number of alkyl halides is 3. The van der Waals surface area contributed by atoms with Gasteiger partial charge in [0.1, 0.15) is 16.5 Å². The van der Waals surface area contributed by atoms with Crippen molar-refractivity contribution in [2.45, 2.75) is 48.7 Å². The van der Waals surface area contributed by atoms with Crippen LogP contribution in [-0.4, -0.2) is 26.4 Å². The van der Waals surface area contributed by atoms with Crippen LogP contribution < -0.4 is 10.4 Å². The Labute approximate surface area is 153 Å². The monoisotopic (exact) mass is 410 g/mol. The number of benzene rings is 1. The third-order valence-corrected chi connectivity index (χ3v) is 6.27. The molecular formula is C17H19F5N2O2S. The molecule has 1 aliphatic heterocycles. The van der Waals surface area contributed by atoms with Gasteiger partial charge >= 0.3 is 6.18 Å². The smallest absolute Gasteiger partial charge is 0.283 e. The Bertz CT molecular complexity index is 840. The SMILES string of the molecule is CS(=O)(=O)c1c(F)cc(N2C=CC(C3CCCCC3)(C(F)(F)F)N2)cc1F. The highest BCUT2D eigenvalue weighted by molar-refractivity contribution is 7.90. The van der Waals surface area contributed by atoms with E-state index in [1.54, 1.807) is 0 Å². The van der Waals surface area contributed by atoms with Crippen molar-refractivity contribution in [3.63, 3.8) is 0 Å². The first-order valence-corrected chi connectivity index (χ1v) is 10.4. The zero-order chi connectivity index (χ0) is 20.0. The second-order valence-electron chi connectivity index (χ2n) is 7.01. The van der Waals surface area contributed by atoms with E-state index in [0.29, 0.717) is 44.1 Å². The molecule has 1 atom stereocenters. The van der Waals surface area contributed by atoms with Gasteiger partial charge in [0.25, 0.3) is 0 Å². The standard InChI is InChI=1S/C17H19F5N2O2S/c1-27(25,26)15-13(18)9-12(10-14(15)19)24-8-7-16(23-24,17(20,21)22)11-5-3-2-4-6-11/h7-11,23H,2-6H2,1H3. The van der Waals surface area contributed by atoms with E-state index in [2.05, 4.69) is 5.43 Å². The van der Waals surface area contributed by atoms with Crippen molar-refractivity contribution in [1.29, 1.82) is 0 Å². The van der Waals surface area contributed by atoms with Crippen molar-refractivity contribution >= 4 is 15.5 Å². The minimum atomic E-state index is -4.61. The molecule has 1 aromatic carbocycles. The van der Waals surface area contributed by atoms with Gasteiger partial charge in [0.2, 0.25) is 0 Å². The number of anilines is 1. The maximum absolute atomic E-state index is 14.1. The molecule has 27 heavy (non-hydrogen) atoms. The fourth-order valence-corrected chi connectivity index (χ4v) is 4.66. The van der Waals surface area contributed by atoms with Crippen molar-refractivity contribution in [1.82, 2.24) is 5.43 Å². The van der Waals surface area contributed by atoms with Gasteiger partial charge in [0.05, 0.1) is 5.69 Å². The summed E-state index contributed by atoms with van der Waals surface area (Å²) in [6.07, 6.45) is 1.13. The molecule has 1 N–H and O–H groups in total. The van der Waals surface area contributed by atoms with Crippen LogP contribution in [0.4, 0.5) is 27.6 Å². The van der Waals surface area contributed by atoms with Crippen molar-refractivity contribution < 1.29 is 30.4 Å². The van der Waals surface area contributed by atoms with Crippen LogP contribution in [0.3, 0.4) is 0 Å². The molecule has 1 fully saturated rings. The van der Waals surface area contributed by atoms with E-state index >= 15 is 0 Å². The van der Waals surface area contributed by atoms with Gasteiger partial charge in [-0.1, -0.05) is 19.3 Å². The number of hydrazine groups is 1. The lowest BCUT2D eigenvalue weighted by atomic mass is 9.74. The fourth-order valence-electron chi connectivity index (χ4n) is 3.83. The highest BCUT2D eigenvalue weighted by Crippen LogP contribution is 2.46. The predicted octanol–water partition coefficient (Wildman–Crippen LogP) is 4.09. The van der Waals surface area contributed by atoms with Gasteiger partial charge in [-0.25, -0.2) is 22.6 Å². The minimum absolute atomic E-state index is 0.254.